The highest BCUT2D eigenvalue weighted by atomic mass is 32.2. The molecule has 132 valence electrons. The maximum Gasteiger partial charge on any atom is 0.197 e. The van der Waals surface area contributed by atoms with E-state index in [-0.39, 0.29) is 5.75 Å². The molecule has 25 heavy (non-hydrogen) atoms. The van der Waals surface area contributed by atoms with E-state index in [9.17, 15) is 4.21 Å². The molecular formula is C18H21N3O3S. The minimum absolute atomic E-state index is 0.286. The minimum Gasteiger partial charge on any atom is -0.491 e. The van der Waals surface area contributed by atoms with Gasteiger partial charge in [-0.3, -0.25) is 9.19 Å². The van der Waals surface area contributed by atoms with Crippen molar-refractivity contribution in [3.8, 4) is 5.75 Å². The monoisotopic (exact) mass is 359 g/mol. The van der Waals surface area contributed by atoms with Crippen molar-refractivity contribution in [3.05, 3.63) is 47.8 Å². The third-order valence-corrected chi connectivity index (χ3v) is 4.96. The zero-order valence-electron chi connectivity index (χ0n) is 14.3. The lowest BCUT2D eigenvalue weighted by Gasteiger charge is -2.11. The van der Waals surface area contributed by atoms with Crippen LogP contribution in [0.4, 0.5) is 0 Å². The number of fused-ring (bicyclic) bond motifs is 1. The SMILES string of the molecule is CCOCCOc1ccnc(CS(=O)c2nc3ccccc3[nH]2)c1C. The first-order chi connectivity index (χ1) is 12.2. The Hall–Kier alpha value is -2.25. The van der Waals surface area contributed by atoms with E-state index in [2.05, 4.69) is 15.0 Å². The second-order valence-electron chi connectivity index (χ2n) is 5.48. The molecule has 0 aliphatic carbocycles. The van der Waals surface area contributed by atoms with E-state index in [0.29, 0.717) is 25.0 Å². The zero-order valence-corrected chi connectivity index (χ0v) is 15.1. The van der Waals surface area contributed by atoms with Crippen LogP contribution in [-0.2, 0) is 21.3 Å². The van der Waals surface area contributed by atoms with Gasteiger partial charge in [0.15, 0.2) is 5.16 Å². The fourth-order valence-electron chi connectivity index (χ4n) is 2.45. The van der Waals surface area contributed by atoms with Gasteiger partial charge in [-0.25, -0.2) is 4.98 Å². The number of hydrogen-bond acceptors (Lipinski definition) is 5. The summed E-state index contributed by atoms with van der Waals surface area (Å²) in [6.07, 6.45) is 1.67. The summed E-state index contributed by atoms with van der Waals surface area (Å²) in [5.41, 5.74) is 3.32. The number of aromatic amines is 1. The van der Waals surface area contributed by atoms with Gasteiger partial charge in [-0.2, -0.15) is 0 Å². The normalized spacial score (nSPS) is 12.4. The summed E-state index contributed by atoms with van der Waals surface area (Å²) in [4.78, 5) is 11.9. The summed E-state index contributed by atoms with van der Waals surface area (Å²) >= 11 is 0. The van der Waals surface area contributed by atoms with Crippen LogP contribution in [0.15, 0.2) is 41.7 Å². The average Bonchev–Trinajstić information content (AvgIpc) is 3.06. The van der Waals surface area contributed by atoms with Crippen molar-refractivity contribution in [2.45, 2.75) is 24.8 Å². The van der Waals surface area contributed by atoms with Gasteiger partial charge < -0.3 is 14.5 Å². The Balaban J connectivity index is 1.72. The Morgan fingerprint density at radius 3 is 2.84 bits per heavy atom. The Morgan fingerprint density at radius 1 is 1.20 bits per heavy atom. The number of para-hydroxylation sites is 2. The number of nitrogens with zero attached hydrogens (tertiary/aromatic N) is 2. The quantitative estimate of drug-likeness (QED) is 0.626. The van der Waals surface area contributed by atoms with Crippen LogP contribution in [-0.4, -0.2) is 39.0 Å². The molecule has 0 bridgehead atoms. The highest BCUT2D eigenvalue weighted by Gasteiger charge is 2.14. The largest absolute Gasteiger partial charge is 0.491 e. The van der Waals surface area contributed by atoms with Gasteiger partial charge >= 0.3 is 0 Å². The Bertz CT molecular complexity index is 846. The third kappa shape index (κ3) is 4.24. The Morgan fingerprint density at radius 2 is 2.04 bits per heavy atom. The lowest BCUT2D eigenvalue weighted by molar-refractivity contribution is 0.110. The molecule has 0 fully saturated rings. The van der Waals surface area contributed by atoms with Gasteiger partial charge in [0.1, 0.15) is 12.4 Å². The van der Waals surface area contributed by atoms with Crippen LogP contribution in [0.1, 0.15) is 18.2 Å². The predicted molar refractivity (Wildman–Crippen MR) is 97.2 cm³/mol. The van der Waals surface area contributed by atoms with E-state index < -0.39 is 10.8 Å². The highest BCUT2D eigenvalue weighted by Crippen LogP contribution is 2.22. The van der Waals surface area contributed by atoms with E-state index in [1.165, 1.54) is 0 Å². The van der Waals surface area contributed by atoms with Gasteiger partial charge in [-0.1, -0.05) is 12.1 Å². The van der Waals surface area contributed by atoms with Crippen LogP contribution < -0.4 is 4.74 Å². The zero-order chi connectivity index (χ0) is 17.6. The molecule has 0 spiro atoms. The van der Waals surface area contributed by atoms with Crippen LogP contribution in [0, 0.1) is 6.92 Å². The van der Waals surface area contributed by atoms with Gasteiger partial charge in [0.2, 0.25) is 0 Å². The number of nitrogens with one attached hydrogen (secondary N) is 1. The Kier molecular flexibility index (Phi) is 5.78. The smallest absolute Gasteiger partial charge is 0.197 e. The predicted octanol–water partition coefficient (Wildman–Crippen LogP) is 2.99. The molecule has 1 aromatic carbocycles. The van der Waals surface area contributed by atoms with Crippen molar-refractivity contribution < 1.29 is 13.7 Å². The van der Waals surface area contributed by atoms with Gasteiger partial charge in [0.25, 0.3) is 0 Å². The molecule has 6 nitrogen and oxygen atoms in total. The number of benzene rings is 1. The second-order valence-corrected chi connectivity index (χ2v) is 6.84. The number of ether oxygens (including phenoxy) is 2. The maximum atomic E-state index is 12.7. The molecule has 0 saturated heterocycles. The summed E-state index contributed by atoms with van der Waals surface area (Å²) in [6, 6.07) is 9.45. The van der Waals surface area contributed by atoms with Crippen molar-refractivity contribution in [2.24, 2.45) is 0 Å². The van der Waals surface area contributed by atoms with Crippen LogP contribution >= 0.6 is 0 Å². The molecule has 3 aromatic rings. The third-order valence-electron chi connectivity index (χ3n) is 3.80. The lowest BCUT2D eigenvalue weighted by Crippen LogP contribution is -2.09. The fraction of sp³-hybridized carbons (Fsp3) is 0.333. The van der Waals surface area contributed by atoms with Gasteiger partial charge in [0.05, 0.1) is 39.9 Å². The molecule has 0 aliphatic heterocycles. The molecule has 0 saturated carbocycles. The minimum atomic E-state index is -1.30. The summed E-state index contributed by atoms with van der Waals surface area (Å²) in [7, 11) is -1.30. The number of rotatable bonds is 8. The second kappa shape index (κ2) is 8.22. The van der Waals surface area contributed by atoms with Crippen molar-refractivity contribution in [1.29, 1.82) is 0 Å². The number of hydrogen-bond donors (Lipinski definition) is 1. The number of imidazole rings is 1. The molecule has 0 radical (unpaired) electrons. The number of aromatic nitrogens is 3. The lowest BCUT2D eigenvalue weighted by atomic mass is 10.2. The standard InChI is InChI=1S/C18H21N3O3S/c1-3-23-10-11-24-17-8-9-19-16(13(17)2)12-25(22)18-20-14-6-4-5-7-15(14)21-18/h4-9H,3,10-12H2,1-2H3,(H,20,21). The van der Waals surface area contributed by atoms with E-state index >= 15 is 0 Å². The molecule has 7 heteroatoms. The van der Waals surface area contributed by atoms with Gasteiger partial charge in [-0.15, -0.1) is 0 Å². The highest BCUT2D eigenvalue weighted by molar-refractivity contribution is 7.84. The molecule has 2 heterocycles. The average molecular weight is 359 g/mol. The summed E-state index contributed by atoms with van der Waals surface area (Å²) in [5.74, 6) is 1.03. The van der Waals surface area contributed by atoms with E-state index in [4.69, 9.17) is 9.47 Å². The van der Waals surface area contributed by atoms with Crippen molar-refractivity contribution in [3.63, 3.8) is 0 Å². The molecule has 0 aliphatic rings. The molecule has 2 aromatic heterocycles. The summed E-state index contributed by atoms with van der Waals surface area (Å²) in [5, 5.41) is 0.463. The van der Waals surface area contributed by atoms with Crippen molar-refractivity contribution in [1.82, 2.24) is 15.0 Å². The van der Waals surface area contributed by atoms with Crippen molar-refractivity contribution >= 4 is 21.8 Å². The van der Waals surface area contributed by atoms with Gasteiger partial charge in [-0.05, 0) is 32.0 Å². The molecule has 3 rings (SSSR count). The Labute approximate surface area is 149 Å². The maximum absolute atomic E-state index is 12.7. The topological polar surface area (TPSA) is 77.1 Å². The van der Waals surface area contributed by atoms with Crippen LogP contribution in [0.2, 0.25) is 0 Å². The van der Waals surface area contributed by atoms with E-state index in [1.807, 2.05) is 44.2 Å². The number of H-pyrrole nitrogens is 1. The molecule has 1 unspecified atom stereocenters. The first-order valence-electron chi connectivity index (χ1n) is 8.17. The molecule has 0 amide bonds. The van der Waals surface area contributed by atoms with Gasteiger partial charge in [0, 0.05) is 18.4 Å². The van der Waals surface area contributed by atoms with E-state index in [0.717, 1.165) is 28.0 Å². The molecular weight excluding hydrogens is 338 g/mol. The summed E-state index contributed by atoms with van der Waals surface area (Å²) in [6.45, 7) is 5.56. The fourth-order valence-corrected chi connectivity index (χ4v) is 3.55. The molecule has 1 atom stereocenters. The first-order valence-corrected chi connectivity index (χ1v) is 9.49. The molecule has 1 N–H and O–H groups in total. The van der Waals surface area contributed by atoms with Crippen LogP contribution in [0.5, 0.6) is 5.75 Å². The van der Waals surface area contributed by atoms with Crippen molar-refractivity contribution in [2.75, 3.05) is 19.8 Å². The van der Waals surface area contributed by atoms with Crippen LogP contribution in [0.25, 0.3) is 11.0 Å². The first kappa shape index (κ1) is 17.6. The number of pyridine rings is 1. The summed E-state index contributed by atoms with van der Waals surface area (Å²) < 4.78 is 23.7. The van der Waals surface area contributed by atoms with Crippen LogP contribution in [0.3, 0.4) is 0 Å². The van der Waals surface area contributed by atoms with E-state index in [1.54, 1.807) is 6.20 Å².